The molecule has 2 aromatic rings. The summed E-state index contributed by atoms with van der Waals surface area (Å²) in [7, 11) is -3.61. The van der Waals surface area contributed by atoms with E-state index in [1.165, 1.54) is 23.5 Å². The molecule has 0 radical (unpaired) electrons. The normalized spacial score (nSPS) is 11.6. The number of sulfone groups is 1. The lowest BCUT2D eigenvalue weighted by Gasteiger charge is -2.05. The second kappa shape index (κ2) is 5.07. The fraction of sp³-hybridized carbons (Fsp3) is 0.167. The second-order valence-corrected chi connectivity index (χ2v) is 6.75. The van der Waals surface area contributed by atoms with Crippen LogP contribution in [0.5, 0.6) is 0 Å². The lowest BCUT2D eigenvalue weighted by Crippen LogP contribution is -2.11. The molecule has 2 N–H and O–H groups in total. The van der Waals surface area contributed by atoms with Crippen LogP contribution in [0.2, 0.25) is 0 Å². The minimum Gasteiger partial charge on any atom is -0.399 e. The summed E-state index contributed by atoms with van der Waals surface area (Å²) in [5.41, 5.74) is 6.54. The number of hydrogen-bond acceptors (Lipinski definition) is 4. The Balaban J connectivity index is 2.20. The first-order valence-corrected chi connectivity index (χ1v) is 7.87. The number of rotatable bonds is 4. The van der Waals surface area contributed by atoms with Crippen molar-refractivity contribution in [3.8, 4) is 0 Å². The first-order valence-electron chi connectivity index (χ1n) is 5.28. The second-order valence-electron chi connectivity index (χ2n) is 3.89. The van der Waals surface area contributed by atoms with Crippen LogP contribution in [0, 0.1) is 5.82 Å². The molecule has 1 aromatic carbocycles. The molecular formula is C12H12FNO2S2. The highest BCUT2D eigenvalue weighted by Gasteiger charge is 2.19. The molecule has 6 heteroatoms. The van der Waals surface area contributed by atoms with Crippen LogP contribution in [0.3, 0.4) is 0 Å². The van der Waals surface area contributed by atoms with Crippen molar-refractivity contribution in [3.05, 3.63) is 46.4 Å². The Kier molecular flexibility index (Phi) is 3.68. The number of benzene rings is 1. The zero-order valence-corrected chi connectivity index (χ0v) is 11.1. The molecule has 0 atom stereocenters. The smallest absolute Gasteiger partial charge is 0.181 e. The van der Waals surface area contributed by atoms with Gasteiger partial charge in [0.1, 0.15) is 10.7 Å². The van der Waals surface area contributed by atoms with Crippen LogP contribution in [-0.4, -0.2) is 14.2 Å². The van der Waals surface area contributed by atoms with E-state index >= 15 is 0 Å². The van der Waals surface area contributed by atoms with Crippen molar-refractivity contribution < 1.29 is 12.8 Å². The summed E-state index contributed by atoms with van der Waals surface area (Å²) in [5, 5.41) is 3.76. The third-order valence-electron chi connectivity index (χ3n) is 2.53. The summed E-state index contributed by atoms with van der Waals surface area (Å²) in [6.07, 6.45) is 0.385. The van der Waals surface area contributed by atoms with E-state index in [1.54, 1.807) is 0 Å². The maximum atomic E-state index is 13.6. The molecule has 96 valence electrons. The summed E-state index contributed by atoms with van der Waals surface area (Å²) in [4.78, 5) is -0.285. The first kappa shape index (κ1) is 13.0. The minimum atomic E-state index is -3.61. The van der Waals surface area contributed by atoms with Gasteiger partial charge in [0.25, 0.3) is 0 Å². The largest absolute Gasteiger partial charge is 0.399 e. The van der Waals surface area contributed by atoms with Crippen molar-refractivity contribution in [1.82, 2.24) is 0 Å². The van der Waals surface area contributed by atoms with E-state index in [9.17, 15) is 12.8 Å². The Morgan fingerprint density at radius 3 is 2.67 bits per heavy atom. The molecule has 0 fully saturated rings. The molecular weight excluding hydrogens is 273 g/mol. The SMILES string of the molecule is Nc1ccc(S(=O)(=O)CCc2ccsc2)c(F)c1. The number of anilines is 1. The van der Waals surface area contributed by atoms with E-state index in [4.69, 9.17) is 5.73 Å². The van der Waals surface area contributed by atoms with Crippen LogP contribution in [0.25, 0.3) is 0 Å². The zero-order valence-electron chi connectivity index (χ0n) is 9.47. The fourth-order valence-corrected chi connectivity index (χ4v) is 3.63. The van der Waals surface area contributed by atoms with Crippen LogP contribution in [0.4, 0.5) is 10.1 Å². The topological polar surface area (TPSA) is 60.2 Å². The molecule has 0 aliphatic heterocycles. The van der Waals surface area contributed by atoms with Crippen LogP contribution in [-0.2, 0) is 16.3 Å². The van der Waals surface area contributed by atoms with Crippen molar-refractivity contribution in [2.24, 2.45) is 0 Å². The van der Waals surface area contributed by atoms with Crippen molar-refractivity contribution in [2.45, 2.75) is 11.3 Å². The van der Waals surface area contributed by atoms with E-state index in [2.05, 4.69) is 0 Å². The lowest BCUT2D eigenvalue weighted by molar-refractivity contribution is 0.567. The highest BCUT2D eigenvalue weighted by molar-refractivity contribution is 7.91. The average molecular weight is 285 g/mol. The molecule has 0 aliphatic carbocycles. The quantitative estimate of drug-likeness (QED) is 0.878. The van der Waals surface area contributed by atoms with Crippen molar-refractivity contribution in [2.75, 3.05) is 11.5 Å². The third kappa shape index (κ3) is 2.88. The highest BCUT2D eigenvalue weighted by atomic mass is 32.2. The predicted molar refractivity (Wildman–Crippen MR) is 70.9 cm³/mol. The molecule has 3 nitrogen and oxygen atoms in total. The molecule has 18 heavy (non-hydrogen) atoms. The summed E-state index contributed by atoms with van der Waals surface area (Å²) in [5.74, 6) is -0.898. The monoisotopic (exact) mass is 285 g/mol. The van der Waals surface area contributed by atoms with Gasteiger partial charge in [-0.15, -0.1) is 0 Å². The van der Waals surface area contributed by atoms with Crippen LogP contribution < -0.4 is 5.73 Å². The van der Waals surface area contributed by atoms with Crippen molar-refractivity contribution in [1.29, 1.82) is 0 Å². The van der Waals surface area contributed by atoms with Gasteiger partial charge in [0.2, 0.25) is 0 Å². The standard InChI is InChI=1S/C12H12FNO2S2/c13-11-7-10(14)1-2-12(11)18(15,16)6-4-9-3-5-17-8-9/h1-3,5,7-8H,4,6,14H2. The van der Waals surface area contributed by atoms with Crippen molar-refractivity contribution >= 4 is 26.9 Å². The summed E-state index contributed by atoms with van der Waals surface area (Å²) < 4.78 is 37.5. The number of nitrogen functional groups attached to an aromatic ring is 1. The minimum absolute atomic E-state index is 0.107. The summed E-state index contributed by atoms with van der Waals surface area (Å²) >= 11 is 1.51. The first-order chi connectivity index (χ1) is 8.49. The van der Waals surface area contributed by atoms with Crippen molar-refractivity contribution in [3.63, 3.8) is 0 Å². The van der Waals surface area contributed by atoms with Gasteiger partial charge in [-0.25, -0.2) is 12.8 Å². The maximum Gasteiger partial charge on any atom is 0.181 e. The summed E-state index contributed by atoms with van der Waals surface area (Å²) in [6, 6.07) is 5.49. The predicted octanol–water partition coefficient (Wildman–Crippen LogP) is 2.49. The molecule has 0 spiro atoms. The van der Waals surface area contributed by atoms with Crippen LogP contribution in [0.15, 0.2) is 39.9 Å². The zero-order chi connectivity index (χ0) is 13.2. The van der Waals surface area contributed by atoms with Gasteiger partial charge in [0.05, 0.1) is 5.75 Å². The van der Waals surface area contributed by atoms with E-state index in [0.717, 1.165) is 11.6 Å². The maximum absolute atomic E-state index is 13.6. The van der Waals surface area contributed by atoms with Gasteiger partial charge in [0.15, 0.2) is 9.84 Å². The Morgan fingerprint density at radius 2 is 2.06 bits per heavy atom. The van der Waals surface area contributed by atoms with E-state index in [-0.39, 0.29) is 16.3 Å². The molecule has 1 heterocycles. The number of thiophene rings is 1. The van der Waals surface area contributed by atoms with Gasteiger partial charge in [-0.05, 0) is 47.0 Å². The molecule has 0 saturated heterocycles. The van der Waals surface area contributed by atoms with E-state index in [1.807, 2.05) is 16.8 Å². The lowest BCUT2D eigenvalue weighted by atomic mass is 10.3. The van der Waals surface area contributed by atoms with Gasteiger partial charge < -0.3 is 5.73 Å². The van der Waals surface area contributed by atoms with E-state index in [0.29, 0.717) is 6.42 Å². The number of hydrogen-bond donors (Lipinski definition) is 1. The Hall–Kier alpha value is -1.40. The van der Waals surface area contributed by atoms with Gasteiger partial charge in [0, 0.05) is 5.69 Å². The number of halogens is 1. The Morgan fingerprint density at radius 1 is 1.28 bits per heavy atom. The fourth-order valence-electron chi connectivity index (χ4n) is 1.57. The molecule has 0 bridgehead atoms. The molecule has 2 rings (SSSR count). The average Bonchev–Trinajstić information content (AvgIpc) is 2.78. The third-order valence-corrected chi connectivity index (χ3v) is 5.01. The van der Waals surface area contributed by atoms with Crippen LogP contribution >= 0.6 is 11.3 Å². The number of aryl methyl sites for hydroxylation is 1. The molecule has 0 amide bonds. The molecule has 1 aromatic heterocycles. The molecule has 0 aliphatic rings. The van der Waals surface area contributed by atoms with E-state index < -0.39 is 15.7 Å². The van der Waals surface area contributed by atoms with Crippen LogP contribution in [0.1, 0.15) is 5.56 Å². The van der Waals surface area contributed by atoms with Gasteiger partial charge in [-0.1, -0.05) is 0 Å². The Labute approximate surface area is 109 Å². The highest BCUT2D eigenvalue weighted by Crippen LogP contribution is 2.19. The molecule has 0 unspecified atom stereocenters. The van der Waals surface area contributed by atoms with Gasteiger partial charge in [-0.2, -0.15) is 11.3 Å². The summed E-state index contributed by atoms with van der Waals surface area (Å²) in [6.45, 7) is 0. The molecule has 0 saturated carbocycles. The number of nitrogens with two attached hydrogens (primary N) is 1. The van der Waals surface area contributed by atoms with Gasteiger partial charge >= 0.3 is 0 Å². The van der Waals surface area contributed by atoms with Gasteiger partial charge in [-0.3, -0.25) is 0 Å². The Bertz CT molecular complexity index is 636.